The van der Waals surface area contributed by atoms with E-state index in [1.807, 2.05) is 13.2 Å². The first-order chi connectivity index (χ1) is 12.6. The van der Waals surface area contributed by atoms with Gasteiger partial charge < -0.3 is 4.74 Å². The van der Waals surface area contributed by atoms with Crippen molar-refractivity contribution in [2.75, 3.05) is 6.26 Å². The second-order valence-electron chi connectivity index (χ2n) is 7.27. The van der Waals surface area contributed by atoms with Crippen LogP contribution in [0.5, 0.6) is 0 Å². The summed E-state index contributed by atoms with van der Waals surface area (Å²) in [4.78, 5) is 33.0. The summed E-state index contributed by atoms with van der Waals surface area (Å²) in [7, 11) is 0. The molecule has 1 aliphatic carbocycles. The Bertz CT molecular complexity index is 876. The highest BCUT2D eigenvalue weighted by molar-refractivity contribution is 7.98. The summed E-state index contributed by atoms with van der Waals surface area (Å²) in [6, 6.07) is 8.24. The van der Waals surface area contributed by atoms with Crippen LogP contribution >= 0.6 is 23.1 Å². The Kier molecular flexibility index (Phi) is 3.85. The van der Waals surface area contributed by atoms with Crippen molar-refractivity contribution in [1.29, 1.82) is 0 Å². The van der Waals surface area contributed by atoms with Crippen LogP contribution in [0.15, 0.2) is 29.2 Å². The van der Waals surface area contributed by atoms with E-state index in [1.165, 1.54) is 4.90 Å². The van der Waals surface area contributed by atoms with Gasteiger partial charge in [0.25, 0.3) is 0 Å². The molecule has 2 aliphatic heterocycles. The van der Waals surface area contributed by atoms with E-state index >= 15 is 0 Å². The summed E-state index contributed by atoms with van der Waals surface area (Å²) in [5.41, 5.74) is 1.70. The van der Waals surface area contributed by atoms with Gasteiger partial charge in [-0.1, -0.05) is 12.1 Å². The molecule has 4 nitrogen and oxygen atoms in total. The number of rotatable bonds is 3. The van der Waals surface area contributed by atoms with E-state index in [1.54, 1.807) is 23.1 Å². The van der Waals surface area contributed by atoms with Crippen LogP contribution in [0.25, 0.3) is 10.6 Å². The number of aromatic nitrogens is 1. The Labute approximate surface area is 160 Å². The number of benzene rings is 1. The molecular weight excluding hydrogens is 366 g/mol. The van der Waals surface area contributed by atoms with Crippen LogP contribution in [-0.4, -0.2) is 35.0 Å². The maximum absolute atomic E-state index is 13.0. The van der Waals surface area contributed by atoms with Crippen LogP contribution < -0.4 is 0 Å². The van der Waals surface area contributed by atoms with E-state index in [-0.39, 0.29) is 35.6 Å². The van der Waals surface area contributed by atoms with E-state index in [9.17, 15) is 9.59 Å². The number of thioether (sulfide) groups is 1. The minimum Gasteiger partial charge on any atom is -0.373 e. The third-order valence-electron chi connectivity index (χ3n) is 5.94. The van der Waals surface area contributed by atoms with Gasteiger partial charge in [-0.05, 0) is 38.2 Å². The molecule has 0 N–H and O–H groups in total. The quantitative estimate of drug-likeness (QED) is 0.593. The highest BCUT2D eigenvalue weighted by Crippen LogP contribution is 2.52. The predicted molar refractivity (Wildman–Crippen MR) is 102 cm³/mol. The number of ether oxygens (including phenoxy) is 1. The van der Waals surface area contributed by atoms with Gasteiger partial charge in [0.2, 0.25) is 0 Å². The molecule has 6 heteroatoms. The lowest BCUT2D eigenvalue weighted by atomic mass is 9.81. The Hall–Kier alpha value is -1.50. The molecule has 1 saturated carbocycles. The molecule has 0 radical (unpaired) electrons. The Morgan fingerprint density at radius 2 is 1.69 bits per heavy atom. The SMILES string of the molecule is CSc1ccc(-c2nc(C3C(=O)[C@@H]4[C@H](C3=O)[C@@H]3CC[C@H]4O3)c(C)s2)cc1. The number of Topliss-reactive ketones (excluding diaryl/α,β-unsaturated/α-hetero) is 2. The fourth-order valence-corrected chi connectivity index (χ4v) is 6.09. The van der Waals surface area contributed by atoms with Crippen molar-refractivity contribution in [3.8, 4) is 10.6 Å². The number of fused-ring (bicyclic) bond motifs is 5. The van der Waals surface area contributed by atoms with Crippen molar-refractivity contribution in [2.24, 2.45) is 11.8 Å². The first kappa shape index (κ1) is 16.7. The fraction of sp³-hybridized carbons (Fsp3) is 0.450. The molecule has 1 unspecified atom stereocenters. The average Bonchev–Trinajstić information content (AvgIpc) is 3.40. The molecule has 3 heterocycles. The van der Waals surface area contributed by atoms with Gasteiger partial charge in [-0.2, -0.15) is 0 Å². The van der Waals surface area contributed by atoms with Crippen LogP contribution in [0.1, 0.15) is 29.3 Å². The van der Waals surface area contributed by atoms with Crippen molar-refractivity contribution in [2.45, 2.75) is 42.8 Å². The summed E-state index contributed by atoms with van der Waals surface area (Å²) < 4.78 is 5.83. The second kappa shape index (κ2) is 6.01. The highest BCUT2D eigenvalue weighted by Gasteiger charge is 2.63. The lowest BCUT2D eigenvalue weighted by Crippen LogP contribution is -2.29. The summed E-state index contributed by atoms with van der Waals surface area (Å²) in [5, 5.41) is 0.877. The number of aryl methyl sites for hydroxylation is 1. The molecule has 134 valence electrons. The molecule has 0 spiro atoms. The van der Waals surface area contributed by atoms with E-state index in [4.69, 9.17) is 9.72 Å². The molecule has 3 aliphatic rings. The molecular formula is C20H19NO3S2. The fourth-order valence-electron chi connectivity index (χ4n) is 4.73. The number of carbonyl (C=O) groups excluding carboxylic acids is 2. The summed E-state index contributed by atoms with van der Waals surface area (Å²) in [6.07, 6.45) is 3.75. The van der Waals surface area contributed by atoms with Crippen LogP contribution in [0.4, 0.5) is 0 Å². The van der Waals surface area contributed by atoms with Crippen molar-refractivity contribution in [3.05, 3.63) is 34.8 Å². The first-order valence-corrected chi connectivity index (χ1v) is 11.0. The van der Waals surface area contributed by atoms with Crippen LogP contribution in [0.2, 0.25) is 0 Å². The van der Waals surface area contributed by atoms with Crippen molar-refractivity contribution < 1.29 is 14.3 Å². The third kappa shape index (κ3) is 2.28. The van der Waals surface area contributed by atoms with Crippen LogP contribution in [0, 0.1) is 18.8 Å². The minimum atomic E-state index is -0.688. The van der Waals surface area contributed by atoms with E-state index in [2.05, 4.69) is 24.3 Å². The largest absolute Gasteiger partial charge is 0.373 e. The van der Waals surface area contributed by atoms with Gasteiger partial charge in [0, 0.05) is 15.3 Å². The van der Waals surface area contributed by atoms with Gasteiger partial charge in [0.05, 0.1) is 29.7 Å². The summed E-state index contributed by atoms with van der Waals surface area (Å²) >= 11 is 3.26. The smallest absolute Gasteiger partial charge is 0.155 e. The van der Waals surface area contributed by atoms with Crippen molar-refractivity contribution >= 4 is 34.7 Å². The molecule has 2 bridgehead atoms. The number of carbonyl (C=O) groups is 2. The number of nitrogens with zero attached hydrogens (tertiary/aromatic N) is 1. The topological polar surface area (TPSA) is 56.3 Å². The summed E-state index contributed by atoms with van der Waals surface area (Å²) in [5.74, 6) is -1.10. The standard InChI is InChI=1S/C20H19NO3S2/c1-9-17(21-20(26-9)10-3-5-11(25-2)6-4-10)16-18(22)14-12-7-8-13(24-12)15(14)19(16)23/h3-6,12-16H,7-8H2,1-2H3/t12-,13+,14+,15-,16?. The zero-order valence-electron chi connectivity index (χ0n) is 14.6. The maximum Gasteiger partial charge on any atom is 0.155 e. The van der Waals surface area contributed by atoms with E-state index < -0.39 is 5.92 Å². The number of ketones is 2. The molecule has 2 saturated heterocycles. The van der Waals surface area contributed by atoms with Gasteiger partial charge in [-0.15, -0.1) is 23.1 Å². The van der Waals surface area contributed by atoms with Gasteiger partial charge >= 0.3 is 0 Å². The number of thiazole rings is 1. The molecule has 1 aromatic heterocycles. The lowest BCUT2D eigenvalue weighted by Gasteiger charge is -2.16. The average molecular weight is 386 g/mol. The second-order valence-corrected chi connectivity index (χ2v) is 9.35. The molecule has 1 aromatic carbocycles. The summed E-state index contributed by atoms with van der Waals surface area (Å²) in [6.45, 7) is 1.96. The Morgan fingerprint density at radius 3 is 2.27 bits per heavy atom. The van der Waals surface area contributed by atoms with Gasteiger partial charge in [-0.3, -0.25) is 9.59 Å². The van der Waals surface area contributed by atoms with Gasteiger partial charge in [-0.25, -0.2) is 4.98 Å². The predicted octanol–water partition coefficient (Wildman–Crippen LogP) is 3.87. The molecule has 26 heavy (non-hydrogen) atoms. The maximum atomic E-state index is 13.0. The number of hydrogen-bond donors (Lipinski definition) is 0. The number of hydrogen-bond acceptors (Lipinski definition) is 6. The molecule has 3 fully saturated rings. The first-order valence-electron chi connectivity index (χ1n) is 8.93. The minimum absolute atomic E-state index is 0.0323. The highest BCUT2D eigenvalue weighted by atomic mass is 32.2. The Morgan fingerprint density at radius 1 is 1.08 bits per heavy atom. The van der Waals surface area contributed by atoms with Crippen molar-refractivity contribution in [1.82, 2.24) is 4.98 Å². The molecule has 5 rings (SSSR count). The van der Waals surface area contributed by atoms with Crippen molar-refractivity contribution in [3.63, 3.8) is 0 Å². The molecule has 0 amide bonds. The van der Waals surface area contributed by atoms with Gasteiger partial charge in [0.15, 0.2) is 11.6 Å². The Balaban J connectivity index is 1.50. The molecule has 2 aromatic rings. The van der Waals surface area contributed by atoms with Crippen LogP contribution in [-0.2, 0) is 14.3 Å². The third-order valence-corrected chi connectivity index (χ3v) is 7.72. The van der Waals surface area contributed by atoms with Gasteiger partial charge in [0.1, 0.15) is 10.9 Å². The monoisotopic (exact) mass is 385 g/mol. The van der Waals surface area contributed by atoms with E-state index in [0.29, 0.717) is 5.69 Å². The lowest BCUT2D eigenvalue weighted by molar-refractivity contribution is -0.127. The van der Waals surface area contributed by atoms with Crippen LogP contribution in [0.3, 0.4) is 0 Å². The normalized spacial score (nSPS) is 32.5. The zero-order chi connectivity index (χ0) is 18.0. The molecule has 5 atom stereocenters. The van der Waals surface area contributed by atoms with E-state index in [0.717, 1.165) is 28.3 Å². The zero-order valence-corrected chi connectivity index (χ0v) is 16.2.